The van der Waals surface area contributed by atoms with Crippen molar-refractivity contribution < 1.29 is 14.3 Å². The van der Waals surface area contributed by atoms with Crippen LogP contribution in [0, 0.1) is 11.3 Å². The Morgan fingerprint density at radius 2 is 1.89 bits per heavy atom. The fourth-order valence-corrected chi connectivity index (χ4v) is 2.44. The van der Waals surface area contributed by atoms with Crippen molar-refractivity contribution in [2.24, 2.45) is 0 Å². The number of nitrogens with zero attached hydrogens (tertiary/aromatic N) is 1. The van der Waals surface area contributed by atoms with Gasteiger partial charge in [0.15, 0.2) is 11.5 Å². The molecule has 27 heavy (non-hydrogen) atoms. The second-order valence-corrected chi connectivity index (χ2v) is 6.02. The molecular formula is C21H21ClN2O3. The summed E-state index contributed by atoms with van der Waals surface area (Å²) in [6.07, 6.45) is 1.52. The quantitative estimate of drug-likeness (QED) is 0.542. The van der Waals surface area contributed by atoms with Crippen molar-refractivity contribution in [2.45, 2.75) is 20.5 Å². The predicted molar refractivity (Wildman–Crippen MR) is 106 cm³/mol. The Kier molecular flexibility index (Phi) is 7.72. The zero-order chi connectivity index (χ0) is 19.6. The van der Waals surface area contributed by atoms with Gasteiger partial charge in [-0.05, 0) is 55.3 Å². The molecule has 5 nitrogen and oxygen atoms in total. The molecule has 1 amide bonds. The molecule has 0 saturated heterocycles. The summed E-state index contributed by atoms with van der Waals surface area (Å²) in [5.41, 5.74) is 1.70. The number of nitriles is 1. The molecular weight excluding hydrogens is 364 g/mol. The molecule has 0 unspecified atom stereocenters. The molecule has 2 rings (SSSR count). The maximum atomic E-state index is 11.9. The lowest BCUT2D eigenvalue weighted by atomic mass is 10.1. The largest absolute Gasteiger partial charge is 0.490 e. The number of likely N-dealkylation sites (N-methyl/N-ethyl adjacent to an activating group) is 1. The fourth-order valence-electron chi connectivity index (χ4n) is 2.31. The number of rotatable bonds is 8. The molecule has 0 radical (unpaired) electrons. The second kappa shape index (κ2) is 10.2. The van der Waals surface area contributed by atoms with E-state index in [4.69, 9.17) is 21.1 Å². The Balaban J connectivity index is 2.21. The first-order valence-corrected chi connectivity index (χ1v) is 8.99. The number of benzene rings is 2. The topological polar surface area (TPSA) is 71.4 Å². The molecule has 0 bridgehead atoms. The SMILES string of the molecule is CCNC(=O)/C(C#N)=C/c1ccc(OCc2ccc(Cl)cc2)c(OCC)c1. The highest BCUT2D eigenvalue weighted by Crippen LogP contribution is 2.30. The van der Waals surface area contributed by atoms with Crippen molar-refractivity contribution in [1.29, 1.82) is 5.26 Å². The average molecular weight is 385 g/mol. The summed E-state index contributed by atoms with van der Waals surface area (Å²) in [6, 6.07) is 14.6. The number of hydrogen-bond donors (Lipinski definition) is 1. The lowest BCUT2D eigenvalue weighted by Crippen LogP contribution is -2.23. The van der Waals surface area contributed by atoms with E-state index in [0.29, 0.717) is 41.8 Å². The van der Waals surface area contributed by atoms with Gasteiger partial charge in [0.05, 0.1) is 6.61 Å². The van der Waals surface area contributed by atoms with Gasteiger partial charge in [0.25, 0.3) is 5.91 Å². The van der Waals surface area contributed by atoms with Gasteiger partial charge < -0.3 is 14.8 Å². The van der Waals surface area contributed by atoms with Crippen molar-refractivity contribution in [3.05, 3.63) is 64.2 Å². The summed E-state index contributed by atoms with van der Waals surface area (Å²) in [5, 5.41) is 12.5. The van der Waals surface area contributed by atoms with Crippen LogP contribution in [0.4, 0.5) is 0 Å². The van der Waals surface area contributed by atoms with Gasteiger partial charge in [0.1, 0.15) is 18.2 Å². The van der Waals surface area contributed by atoms with E-state index in [1.54, 1.807) is 25.1 Å². The standard InChI is InChI=1S/C21H21ClN2O3/c1-3-24-21(25)17(13-23)11-16-7-10-19(20(12-16)26-4-2)27-14-15-5-8-18(22)9-6-15/h5-12H,3-4,14H2,1-2H3,(H,24,25)/b17-11+. The average Bonchev–Trinajstić information content (AvgIpc) is 2.67. The maximum Gasteiger partial charge on any atom is 0.261 e. The smallest absolute Gasteiger partial charge is 0.261 e. The van der Waals surface area contributed by atoms with Gasteiger partial charge in [0, 0.05) is 11.6 Å². The molecule has 0 aliphatic rings. The van der Waals surface area contributed by atoms with Gasteiger partial charge in [-0.25, -0.2) is 0 Å². The van der Waals surface area contributed by atoms with Crippen molar-refractivity contribution in [3.8, 4) is 17.6 Å². The van der Waals surface area contributed by atoms with Crippen molar-refractivity contribution in [3.63, 3.8) is 0 Å². The van der Waals surface area contributed by atoms with Gasteiger partial charge in [-0.2, -0.15) is 5.26 Å². The summed E-state index contributed by atoms with van der Waals surface area (Å²) in [6.45, 7) is 4.97. The molecule has 0 atom stereocenters. The fraction of sp³-hybridized carbons (Fsp3) is 0.238. The van der Waals surface area contributed by atoms with Crippen LogP contribution >= 0.6 is 11.6 Å². The van der Waals surface area contributed by atoms with Crippen molar-refractivity contribution in [1.82, 2.24) is 5.32 Å². The third kappa shape index (κ3) is 6.05. The Morgan fingerprint density at radius 1 is 1.15 bits per heavy atom. The zero-order valence-electron chi connectivity index (χ0n) is 15.3. The summed E-state index contributed by atoms with van der Waals surface area (Å²) < 4.78 is 11.5. The minimum Gasteiger partial charge on any atom is -0.490 e. The summed E-state index contributed by atoms with van der Waals surface area (Å²) in [5.74, 6) is 0.731. The van der Waals surface area contributed by atoms with Gasteiger partial charge in [-0.1, -0.05) is 29.8 Å². The Hall–Kier alpha value is -2.97. The summed E-state index contributed by atoms with van der Waals surface area (Å²) >= 11 is 5.89. The number of carbonyl (C=O) groups is 1. The minimum absolute atomic E-state index is 0.0362. The van der Waals surface area contributed by atoms with E-state index in [9.17, 15) is 10.1 Å². The van der Waals surface area contributed by atoms with E-state index < -0.39 is 5.91 Å². The molecule has 2 aromatic rings. The van der Waals surface area contributed by atoms with Gasteiger partial charge in [0.2, 0.25) is 0 Å². The molecule has 6 heteroatoms. The van der Waals surface area contributed by atoms with E-state index in [1.165, 1.54) is 6.08 Å². The molecule has 0 aromatic heterocycles. The Labute approximate surface area is 164 Å². The molecule has 0 saturated carbocycles. The monoisotopic (exact) mass is 384 g/mol. The zero-order valence-corrected chi connectivity index (χ0v) is 16.0. The minimum atomic E-state index is -0.402. The first kappa shape index (κ1) is 20.3. The van der Waals surface area contributed by atoms with Crippen LogP contribution in [0.3, 0.4) is 0 Å². The van der Waals surface area contributed by atoms with Crippen LogP contribution in [0.5, 0.6) is 11.5 Å². The molecule has 0 aliphatic heterocycles. The maximum absolute atomic E-state index is 11.9. The van der Waals surface area contributed by atoms with Crippen molar-refractivity contribution in [2.75, 3.05) is 13.2 Å². The Morgan fingerprint density at radius 3 is 2.52 bits per heavy atom. The molecule has 0 fully saturated rings. The van der Waals surface area contributed by atoms with Crippen LogP contribution in [0.1, 0.15) is 25.0 Å². The summed E-state index contributed by atoms with van der Waals surface area (Å²) in [4.78, 5) is 11.9. The Bertz CT molecular complexity index is 855. The molecule has 1 N–H and O–H groups in total. The van der Waals surface area contributed by atoms with E-state index in [-0.39, 0.29) is 5.57 Å². The first-order chi connectivity index (χ1) is 13.1. The van der Waals surface area contributed by atoms with Crippen LogP contribution < -0.4 is 14.8 Å². The highest BCUT2D eigenvalue weighted by molar-refractivity contribution is 6.30. The van der Waals surface area contributed by atoms with Gasteiger partial charge in [-0.15, -0.1) is 0 Å². The summed E-state index contributed by atoms with van der Waals surface area (Å²) in [7, 11) is 0. The molecule has 0 heterocycles. The van der Waals surface area contributed by atoms with Crippen molar-refractivity contribution >= 4 is 23.6 Å². The number of carbonyl (C=O) groups excluding carboxylic acids is 1. The lowest BCUT2D eigenvalue weighted by molar-refractivity contribution is -0.116. The van der Waals surface area contributed by atoms with Crippen LogP contribution in [0.15, 0.2) is 48.0 Å². The number of hydrogen-bond acceptors (Lipinski definition) is 4. The predicted octanol–water partition coefficient (Wildman–Crippen LogP) is 4.36. The number of nitrogens with one attached hydrogen (secondary N) is 1. The second-order valence-electron chi connectivity index (χ2n) is 5.58. The molecule has 0 aliphatic carbocycles. The highest BCUT2D eigenvalue weighted by atomic mass is 35.5. The van der Waals surface area contributed by atoms with Crippen LogP contribution in [0.25, 0.3) is 6.08 Å². The lowest BCUT2D eigenvalue weighted by Gasteiger charge is -2.13. The highest BCUT2D eigenvalue weighted by Gasteiger charge is 2.10. The third-order valence-electron chi connectivity index (χ3n) is 3.59. The third-order valence-corrected chi connectivity index (χ3v) is 3.84. The number of halogens is 1. The van der Waals surface area contributed by atoms with Gasteiger partial charge in [-0.3, -0.25) is 4.79 Å². The molecule has 140 valence electrons. The van der Waals surface area contributed by atoms with Crippen LogP contribution in [-0.4, -0.2) is 19.1 Å². The van der Waals surface area contributed by atoms with Crippen LogP contribution in [0.2, 0.25) is 5.02 Å². The van der Waals surface area contributed by atoms with E-state index in [1.807, 2.05) is 37.3 Å². The number of amides is 1. The molecule has 0 spiro atoms. The van der Waals surface area contributed by atoms with E-state index >= 15 is 0 Å². The van der Waals surface area contributed by atoms with E-state index in [2.05, 4.69) is 5.32 Å². The first-order valence-electron chi connectivity index (χ1n) is 8.61. The number of ether oxygens (including phenoxy) is 2. The normalized spacial score (nSPS) is 10.8. The van der Waals surface area contributed by atoms with Crippen LogP contribution in [-0.2, 0) is 11.4 Å². The van der Waals surface area contributed by atoms with E-state index in [0.717, 1.165) is 5.56 Å². The van der Waals surface area contributed by atoms with Gasteiger partial charge >= 0.3 is 0 Å². The molecule has 2 aromatic carbocycles.